The Bertz CT molecular complexity index is 260. The van der Waals surface area contributed by atoms with Gasteiger partial charge >= 0.3 is 5.97 Å². The summed E-state index contributed by atoms with van der Waals surface area (Å²) in [7, 11) is 0. The molecule has 89 valence electrons. The van der Waals surface area contributed by atoms with E-state index in [0.29, 0.717) is 12.0 Å². The van der Waals surface area contributed by atoms with Crippen LogP contribution in [0.15, 0.2) is 0 Å². The predicted molar refractivity (Wildman–Crippen MR) is 61.5 cm³/mol. The molecule has 4 saturated carbocycles. The largest absolute Gasteiger partial charge is 0.465 e. The zero-order valence-electron chi connectivity index (χ0n) is 9.91. The molecule has 0 aliphatic heterocycles. The number of rotatable bonds is 3. The Morgan fingerprint density at radius 3 is 2.06 bits per heavy atom. The van der Waals surface area contributed by atoms with Crippen LogP contribution in [-0.2, 0) is 9.53 Å². The van der Waals surface area contributed by atoms with Crippen LogP contribution in [-0.4, -0.2) is 12.6 Å². The maximum Gasteiger partial charge on any atom is 0.305 e. The summed E-state index contributed by atoms with van der Waals surface area (Å²) in [6.45, 7) is 4.25. The lowest BCUT2D eigenvalue weighted by atomic mass is 9.50. The summed E-state index contributed by atoms with van der Waals surface area (Å²) in [6, 6.07) is 0. The molecule has 0 unspecified atom stereocenters. The van der Waals surface area contributed by atoms with Crippen molar-refractivity contribution in [1.82, 2.24) is 0 Å². The van der Waals surface area contributed by atoms with E-state index in [2.05, 4.69) is 6.92 Å². The van der Waals surface area contributed by atoms with E-state index in [0.717, 1.165) is 17.8 Å². The van der Waals surface area contributed by atoms with E-state index in [1.54, 1.807) is 0 Å². The van der Waals surface area contributed by atoms with E-state index in [4.69, 9.17) is 4.74 Å². The first kappa shape index (κ1) is 10.6. The monoisotopic (exact) mass is 221 g/mol. The fraction of sp³-hybridized carbons (Fsp3) is 0.857. The van der Waals surface area contributed by atoms with E-state index in [-0.39, 0.29) is 12.4 Å². The Morgan fingerprint density at radius 2 is 1.62 bits per heavy atom. The van der Waals surface area contributed by atoms with Crippen molar-refractivity contribution in [3.63, 3.8) is 0 Å². The van der Waals surface area contributed by atoms with Crippen molar-refractivity contribution < 1.29 is 9.53 Å². The van der Waals surface area contributed by atoms with Crippen LogP contribution in [0.5, 0.6) is 0 Å². The van der Waals surface area contributed by atoms with E-state index in [9.17, 15) is 4.79 Å². The van der Waals surface area contributed by atoms with Crippen molar-refractivity contribution in [2.45, 2.75) is 44.9 Å². The molecule has 16 heavy (non-hydrogen) atoms. The third kappa shape index (κ3) is 1.76. The molecule has 2 heteroatoms. The third-order valence-electron chi connectivity index (χ3n) is 4.91. The van der Waals surface area contributed by atoms with Crippen LogP contribution in [0.2, 0.25) is 0 Å². The van der Waals surface area contributed by atoms with E-state index in [1.165, 1.54) is 38.5 Å². The molecule has 0 aromatic rings. The summed E-state index contributed by atoms with van der Waals surface area (Å²) in [4.78, 5) is 11.2. The lowest BCUT2D eigenvalue weighted by molar-refractivity contribution is -0.154. The molecule has 4 bridgehead atoms. The predicted octanol–water partition coefficient (Wildman–Crippen LogP) is 2.97. The highest BCUT2D eigenvalue weighted by atomic mass is 16.5. The normalized spacial score (nSPS) is 44.7. The van der Waals surface area contributed by atoms with Crippen LogP contribution < -0.4 is 0 Å². The zero-order valence-corrected chi connectivity index (χ0v) is 9.91. The van der Waals surface area contributed by atoms with Crippen LogP contribution in [0, 0.1) is 30.1 Å². The smallest absolute Gasteiger partial charge is 0.305 e. The first-order chi connectivity index (χ1) is 7.69. The van der Waals surface area contributed by atoms with Crippen molar-refractivity contribution in [3.8, 4) is 0 Å². The van der Waals surface area contributed by atoms with E-state index < -0.39 is 0 Å². The molecule has 4 aliphatic rings. The Balaban J connectivity index is 1.67. The molecule has 0 spiro atoms. The van der Waals surface area contributed by atoms with Gasteiger partial charge < -0.3 is 4.74 Å². The zero-order chi connectivity index (χ0) is 11.2. The Hall–Kier alpha value is -0.530. The first-order valence-electron chi connectivity index (χ1n) is 6.64. The highest BCUT2D eigenvalue weighted by Gasteiger charge is 2.51. The summed E-state index contributed by atoms with van der Waals surface area (Å²) in [5.41, 5.74) is 0.361. The average molecular weight is 221 g/mol. The van der Waals surface area contributed by atoms with Gasteiger partial charge in [-0.1, -0.05) is 0 Å². The molecule has 0 aromatic carbocycles. The lowest BCUT2D eigenvalue weighted by Crippen LogP contribution is -2.48. The van der Waals surface area contributed by atoms with Crippen molar-refractivity contribution >= 4 is 5.97 Å². The summed E-state index contributed by atoms with van der Waals surface area (Å²) >= 11 is 0. The minimum atomic E-state index is -0.129. The molecule has 1 radical (unpaired) electrons. The Labute approximate surface area is 97.7 Å². The number of carbonyl (C=O) groups excluding carboxylic acids is 1. The Morgan fingerprint density at radius 1 is 1.12 bits per heavy atom. The molecule has 4 aliphatic carbocycles. The third-order valence-corrected chi connectivity index (χ3v) is 4.91. The van der Waals surface area contributed by atoms with Crippen molar-refractivity contribution in [1.29, 1.82) is 0 Å². The van der Waals surface area contributed by atoms with Gasteiger partial charge in [0.2, 0.25) is 0 Å². The van der Waals surface area contributed by atoms with Crippen molar-refractivity contribution in [2.75, 3.05) is 6.61 Å². The molecule has 0 N–H and O–H groups in total. The molecule has 0 heterocycles. The highest BCUT2D eigenvalue weighted by Crippen LogP contribution is 2.60. The number of esters is 1. The number of carbonyl (C=O) groups is 1. The summed E-state index contributed by atoms with van der Waals surface area (Å²) < 4.78 is 5.37. The van der Waals surface area contributed by atoms with Gasteiger partial charge in [-0.2, -0.15) is 0 Å². The number of hydrogen-bond donors (Lipinski definition) is 0. The average Bonchev–Trinajstić information content (AvgIpc) is 2.24. The maximum atomic E-state index is 11.2. The van der Waals surface area contributed by atoms with Crippen LogP contribution >= 0.6 is 0 Å². The van der Waals surface area contributed by atoms with Gasteiger partial charge in [-0.05, 0) is 63.2 Å². The van der Waals surface area contributed by atoms with Gasteiger partial charge in [0, 0.05) is 11.8 Å². The Kier molecular flexibility index (Phi) is 2.49. The van der Waals surface area contributed by atoms with Crippen LogP contribution in [0.1, 0.15) is 44.9 Å². The minimum Gasteiger partial charge on any atom is -0.465 e. The summed E-state index contributed by atoms with van der Waals surface area (Å²) in [5.74, 6) is 2.68. The fourth-order valence-corrected chi connectivity index (χ4v) is 4.77. The highest BCUT2D eigenvalue weighted by molar-refractivity contribution is 5.69. The molecular weight excluding hydrogens is 200 g/mol. The standard InChI is InChI=1S/C14H21O2/c1-2-13(15)16-9-14-6-10-3-11(7-14)5-12(4-10)8-14/h10-12H,1-9H2. The van der Waals surface area contributed by atoms with Gasteiger partial charge in [0.25, 0.3) is 0 Å². The van der Waals surface area contributed by atoms with Crippen molar-refractivity contribution in [2.24, 2.45) is 23.2 Å². The summed E-state index contributed by atoms with van der Waals surface area (Å²) in [6.07, 6.45) is 8.54. The first-order valence-corrected chi connectivity index (χ1v) is 6.64. The minimum absolute atomic E-state index is 0.129. The van der Waals surface area contributed by atoms with Crippen molar-refractivity contribution in [3.05, 3.63) is 6.92 Å². The van der Waals surface area contributed by atoms with Gasteiger partial charge in [0.1, 0.15) is 0 Å². The van der Waals surface area contributed by atoms with Gasteiger partial charge in [0.05, 0.1) is 6.61 Å². The molecule has 4 rings (SSSR count). The van der Waals surface area contributed by atoms with Gasteiger partial charge in [-0.15, -0.1) is 0 Å². The molecule has 0 atom stereocenters. The van der Waals surface area contributed by atoms with Gasteiger partial charge in [-0.25, -0.2) is 0 Å². The molecule has 4 fully saturated rings. The molecule has 0 aromatic heterocycles. The topological polar surface area (TPSA) is 26.3 Å². The molecular formula is C14H21O2. The second-order valence-corrected chi connectivity index (χ2v) is 6.33. The lowest BCUT2D eigenvalue weighted by Gasteiger charge is -2.56. The second kappa shape index (κ2) is 3.75. The van der Waals surface area contributed by atoms with Crippen LogP contribution in [0.25, 0.3) is 0 Å². The quantitative estimate of drug-likeness (QED) is 0.685. The maximum absolute atomic E-state index is 11.2. The number of ether oxygens (including phenoxy) is 1. The van der Waals surface area contributed by atoms with E-state index in [1.807, 2.05) is 0 Å². The fourth-order valence-electron chi connectivity index (χ4n) is 4.77. The van der Waals surface area contributed by atoms with Gasteiger partial charge in [-0.3, -0.25) is 4.79 Å². The summed E-state index contributed by atoms with van der Waals surface area (Å²) in [5, 5.41) is 0. The molecule has 0 amide bonds. The SMILES string of the molecule is [CH2]CC(=O)OCC12CC3CC(CC(C3)C1)C2. The number of hydrogen-bond acceptors (Lipinski definition) is 2. The second-order valence-electron chi connectivity index (χ2n) is 6.33. The van der Waals surface area contributed by atoms with Crippen LogP contribution in [0.4, 0.5) is 0 Å². The van der Waals surface area contributed by atoms with E-state index >= 15 is 0 Å². The molecule has 0 saturated heterocycles. The molecule has 2 nitrogen and oxygen atoms in total. The van der Waals surface area contributed by atoms with Gasteiger partial charge in [0.15, 0.2) is 0 Å². The van der Waals surface area contributed by atoms with Crippen LogP contribution in [0.3, 0.4) is 0 Å².